The maximum Gasteiger partial charge on any atom is 0.330 e. The van der Waals surface area contributed by atoms with E-state index in [1.165, 1.54) is 18.8 Å². The van der Waals surface area contributed by atoms with Gasteiger partial charge in [-0.15, -0.1) is 0 Å². The molecular weight excluding hydrogens is 645 g/mol. The van der Waals surface area contributed by atoms with Crippen LogP contribution in [0.25, 0.3) is 0 Å². The van der Waals surface area contributed by atoms with Crippen LogP contribution in [-0.2, 0) is 29.7 Å². The monoisotopic (exact) mass is 719 g/mol. The molecule has 0 aliphatic carbocycles. The first-order valence-electron chi connectivity index (χ1n) is 18.4. The Morgan fingerprint density at radius 3 is 1.82 bits per heavy atom. The molecule has 0 bridgehead atoms. The van der Waals surface area contributed by atoms with Crippen molar-refractivity contribution in [1.82, 2.24) is 0 Å². The molecule has 1 aromatic carbocycles. The molecule has 0 saturated heterocycles. The number of aliphatic hydroxyl groups is 1. The Hall–Kier alpha value is -1.56. The molecule has 0 aliphatic rings. The van der Waals surface area contributed by atoms with E-state index >= 15 is 0 Å². The van der Waals surface area contributed by atoms with E-state index in [0.29, 0.717) is 13.2 Å². The van der Waals surface area contributed by atoms with E-state index in [2.05, 4.69) is 127 Å². The summed E-state index contributed by atoms with van der Waals surface area (Å²) < 4.78 is 25.1. The lowest BCUT2D eigenvalue weighted by molar-refractivity contribution is -0.134. The van der Waals surface area contributed by atoms with Crippen LogP contribution in [-0.4, -0.2) is 59.7 Å². The first kappa shape index (κ1) is 45.5. The van der Waals surface area contributed by atoms with E-state index < -0.39 is 22.7 Å². The molecule has 0 amide bonds. The lowest BCUT2D eigenvalue weighted by Crippen LogP contribution is -2.50. The molecule has 1 N–H and O–H groups in total. The number of methoxy groups -OCH3 is 1. The van der Waals surface area contributed by atoms with Gasteiger partial charge < -0.3 is 23.4 Å². The highest BCUT2D eigenvalue weighted by Crippen LogP contribution is 2.42. The maximum atomic E-state index is 11.9. The second-order valence-electron chi connectivity index (χ2n) is 17.8. The average molecular weight is 719 g/mol. The molecule has 0 fully saturated rings. The molecule has 8 heteroatoms. The third kappa shape index (κ3) is 14.5. The Morgan fingerprint density at radius 2 is 1.33 bits per heavy atom. The summed E-state index contributed by atoms with van der Waals surface area (Å²) in [7, 11) is -2.85. The van der Waals surface area contributed by atoms with Crippen LogP contribution in [0.15, 0.2) is 54.1 Å². The minimum absolute atomic E-state index is 0.0140. The van der Waals surface area contributed by atoms with Gasteiger partial charge in [0.05, 0.1) is 38.6 Å². The van der Waals surface area contributed by atoms with Crippen LogP contribution in [0.3, 0.4) is 0 Å². The Labute approximate surface area is 303 Å². The lowest BCUT2D eigenvalue weighted by Gasteiger charge is -2.44. The molecule has 1 rings (SSSR count). The molecule has 0 aromatic heterocycles. The van der Waals surface area contributed by atoms with Crippen molar-refractivity contribution in [3.8, 4) is 0 Å². The van der Waals surface area contributed by atoms with Gasteiger partial charge in [-0.2, -0.15) is 0 Å². The summed E-state index contributed by atoms with van der Waals surface area (Å²) in [6.45, 7) is 36.8. The number of esters is 1. The van der Waals surface area contributed by atoms with Crippen molar-refractivity contribution in [3.05, 3.63) is 59.7 Å². The van der Waals surface area contributed by atoms with Crippen molar-refractivity contribution in [1.29, 1.82) is 0 Å². The van der Waals surface area contributed by atoms with Crippen molar-refractivity contribution < 1.29 is 28.2 Å². The number of hydrogen-bond donors (Lipinski definition) is 1. The molecule has 0 radical (unpaired) electrons. The highest BCUT2D eigenvalue weighted by molar-refractivity contribution is 6.74. The third-order valence-electron chi connectivity index (χ3n) is 11.1. The second-order valence-corrected chi connectivity index (χ2v) is 27.3. The summed E-state index contributed by atoms with van der Waals surface area (Å²) in [5, 5.41) is 11.8. The predicted octanol–water partition coefficient (Wildman–Crippen LogP) is 10.6. The number of hydrogen-bond acceptors (Lipinski definition) is 6. The van der Waals surface area contributed by atoms with Crippen molar-refractivity contribution in [2.75, 3.05) is 13.7 Å². The van der Waals surface area contributed by atoms with Gasteiger partial charge in [-0.1, -0.05) is 124 Å². The van der Waals surface area contributed by atoms with Crippen LogP contribution in [0, 0.1) is 29.6 Å². The zero-order valence-corrected chi connectivity index (χ0v) is 36.3. The minimum atomic E-state index is -2.15. The quantitative estimate of drug-likeness (QED) is 0.0664. The summed E-state index contributed by atoms with van der Waals surface area (Å²) in [6, 6.07) is 10.2. The number of allylic oxidation sites excluding steroid dienone is 1. The van der Waals surface area contributed by atoms with Gasteiger partial charge in [0.15, 0.2) is 16.6 Å². The van der Waals surface area contributed by atoms with Crippen molar-refractivity contribution >= 4 is 22.6 Å². The summed E-state index contributed by atoms with van der Waals surface area (Å²) in [5.41, 5.74) is 2.41. The number of carbonyl (C=O) groups is 1. The van der Waals surface area contributed by atoms with Gasteiger partial charge in [0.25, 0.3) is 0 Å². The molecule has 1 aromatic rings. The molecule has 0 spiro atoms. The second kappa shape index (κ2) is 19.3. The molecule has 8 atom stereocenters. The van der Waals surface area contributed by atoms with Gasteiger partial charge in [-0.05, 0) is 67.0 Å². The van der Waals surface area contributed by atoms with Gasteiger partial charge in [-0.25, -0.2) is 4.79 Å². The zero-order valence-electron chi connectivity index (χ0n) is 34.3. The topological polar surface area (TPSA) is 74.2 Å². The normalized spacial score (nSPS) is 18.8. The van der Waals surface area contributed by atoms with Crippen molar-refractivity contribution in [2.24, 2.45) is 29.6 Å². The summed E-state index contributed by atoms with van der Waals surface area (Å²) in [6.07, 6.45) is 5.85. The maximum absolute atomic E-state index is 11.9. The molecule has 0 saturated carbocycles. The van der Waals surface area contributed by atoms with Gasteiger partial charge in [0.1, 0.15) is 0 Å². The first-order chi connectivity index (χ1) is 22.3. The lowest BCUT2D eigenvalue weighted by atomic mass is 9.81. The van der Waals surface area contributed by atoms with E-state index in [-0.39, 0.29) is 57.8 Å². The van der Waals surface area contributed by atoms with Gasteiger partial charge in [0, 0.05) is 23.8 Å². The first-order valence-corrected chi connectivity index (χ1v) is 24.2. The summed E-state index contributed by atoms with van der Waals surface area (Å²) in [5.74, 6) is -0.171. The molecule has 0 aliphatic heterocycles. The van der Waals surface area contributed by atoms with E-state index in [1.807, 2.05) is 24.3 Å². The van der Waals surface area contributed by atoms with Crippen LogP contribution in [0.2, 0.25) is 36.3 Å². The third-order valence-corrected chi connectivity index (χ3v) is 20.1. The number of aliphatic hydroxyl groups excluding tert-OH is 1. The Morgan fingerprint density at radius 1 is 0.816 bits per heavy atom. The fraction of sp³-hybridized carbons (Fsp3) is 0.732. The highest BCUT2D eigenvalue weighted by atomic mass is 28.4. The van der Waals surface area contributed by atoms with Gasteiger partial charge in [0.2, 0.25) is 0 Å². The molecule has 49 heavy (non-hydrogen) atoms. The Balaban J connectivity index is 3.30. The van der Waals surface area contributed by atoms with Crippen LogP contribution in [0.1, 0.15) is 95.1 Å². The van der Waals surface area contributed by atoms with Crippen LogP contribution in [0.5, 0.6) is 0 Å². The van der Waals surface area contributed by atoms with Crippen molar-refractivity contribution in [3.63, 3.8) is 0 Å². The fourth-order valence-electron chi connectivity index (χ4n) is 5.86. The van der Waals surface area contributed by atoms with Crippen LogP contribution in [0.4, 0.5) is 0 Å². The van der Waals surface area contributed by atoms with Gasteiger partial charge in [-0.3, -0.25) is 0 Å². The molecule has 6 nitrogen and oxygen atoms in total. The number of ether oxygens (including phenoxy) is 2. The number of rotatable bonds is 19. The van der Waals surface area contributed by atoms with Crippen LogP contribution >= 0.6 is 0 Å². The zero-order chi connectivity index (χ0) is 38.0. The number of benzene rings is 1. The van der Waals surface area contributed by atoms with Crippen LogP contribution < -0.4 is 0 Å². The predicted molar refractivity (Wildman–Crippen MR) is 212 cm³/mol. The summed E-state index contributed by atoms with van der Waals surface area (Å²) in [4.78, 5) is 11.9. The smallest absolute Gasteiger partial charge is 0.330 e. The standard InChI is InChI=1S/C41H74O6Si2/c1-29(25-31(3)38(30(2)23-24-36(42)44-13)46-48(14,15)40(7,8)9)26-32(4)39(47-49(16,17)41(10,11)12)34(6)37(43)33(5)27-45-28-35-21-19-18-20-22-35/h18-25,30-34,37-39,43H,26-28H2,1-17H3/t30-,31-,32?,33-,34?,37?,38-,39?/m0/s1. The number of carbonyl (C=O) groups excluding carboxylic acids is 1. The molecular formula is C41H74O6Si2. The molecule has 0 heterocycles. The fourth-order valence-corrected chi connectivity index (χ4v) is 8.80. The highest BCUT2D eigenvalue weighted by Gasteiger charge is 2.44. The minimum Gasteiger partial charge on any atom is -0.466 e. The molecule has 282 valence electrons. The Kier molecular flexibility index (Phi) is 17.9. The van der Waals surface area contributed by atoms with E-state index in [4.69, 9.17) is 18.3 Å². The van der Waals surface area contributed by atoms with E-state index in [0.717, 1.165) is 12.0 Å². The SMILES string of the molecule is COC(=O)C=C[C@H](C)[C@H](O[Si](C)(C)C(C)(C)C)[C@@H](C)C=C(C)CC(C)C(O[Si](C)(C)C(C)(C)C)C(C)C(O)[C@@H](C)COCc1ccccc1. The van der Waals surface area contributed by atoms with E-state index in [9.17, 15) is 9.90 Å². The summed E-state index contributed by atoms with van der Waals surface area (Å²) >= 11 is 0. The van der Waals surface area contributed by atoms with Gasteiger partial charge >= 0.3 is 5.97 Å². The Bertz CT molecular complexity index is 1180. The van der Waals surface area contributed by atoms with E-state index in [1.54, 1.807) is 0 Å². The largest absolute Gasteiger partial charge is 0.466 e. The molecule has 4 unspecified atom stereocenters. The average Bonchev–Trinajstić information content (AvgIpc) is 2.99. The van der Waals surface area contributed by atoms with Crippen molar-refractivity contribution in [2.45, 2.75) is 151 Å².